The topological polar surface area (TPSA) is 20.3 Å². The van der Waals surface area contributed by atoms with Crippen molar-refractivity contribution in [1.29, 1.82) is 0 Å². The van der Waals surface area contributed by atoms with Crippen LogP contribution in [0.15, 0.2) is 24.3 Å². The van der Waals surface area contributed by atoms with E-state index >= 15 is 0 Å². The number of hydrogen-bond donors (Lipinski definition) is 0. The van der Waals surface area contributed by atoms with Gasteiger partial charge in [-0.15, -0.1) is 0 Å². The molecule has 0 spiro atoms. The Kier molecular flexibility index (Phi) is 4.51. The summed E-state index contributed by atoms with van der Waals surface area (Å²) in [6.07, 6.45) is -4.36. The summed E-state index contributed by atoms with van der Waals surface area (Å²) in [7, 11) is 3.69. The predicted molar refractivity (Wildman–Crippen MR) is 63.5 cm³/mol. The molecule has 1 rings (SSSR count). The number of carbonyl (C=O) groups is 1. The Labute approximate surface area is 104 Å². The molecule has 2 nitrogen and oxygen atoms in total. The molecule has 0 saturated carbocycles. The first-order valence-electron chi connectivity index (χ1n) is 5.58. The van der Waals surface area contributed by atoms with Gasteiger partial charge in [-0.3, -0.25) is 4.79 Å². The Morgan fingerprint density at radius 3 is 2.11 bits per heavy atom. The first kappa shape index (κ1) is 14.7. The number of carbonyl (C=O) groups excluding carboxylic acids is 1. The average molecular weight is 259 g/mol. The lowest BCUT2D eigenvalue weighted by atomic mass is 9.98. The van der Waals surface area contributed by atoms with Crippen LogP contribution in [0.1, 0.15) is 22.8 Å². The van der Waals surface area contributed by atoms with Gasteiger partial charge in [0.2, 0.25) is 0 Å². The van der Waals surface area contributed by atoms with Crippen LogP contribution < -0.4 is 0 Å². The maximum absolute atomic E-state index is 12.4. The fourth-order valence-corrected chi connectivity index (χ4v) is 1.74. The summed E-state index contributed by atoms with van der Waals surface area (Å²) in [4.78, 5) is 13.8. The highest BCUT2D eigenvalue weighted by molar-refractivity contribution is 5.97. The van der Waals surface area contributed by atoms with Crippen molar-refractivity contribution < 1.29 is 18.0 Å². The lowest BCUT2D eigenvalue weighted by Gasteiger charge is -2.16. The van der Waals surface area contributed by atoms with Gasteiger partial charge >= 0.3 is 6.18 Å². The number of hydrogen-bond acceptors (Lipinski definition) is 2. The summed E-state index contributed by atoms with van der Waals surface area (Å²) in [6.45, 7) is 2.33. The number of ketones is 1. The highest BCUT2D eigenvalue weighted by atomic mass is 19.4. The molecular formula is C13H16F3NO. The maximum atomic E-state index is 12.4. The zero-order chi connectivity index (χ0) is 13.9. The molecule has 0 radical (unpaired) electrons. The molecule has 0 aliphatic heterocycles. The largest absolute Gasteiger partial charge is 0.416 e. The number of alkyl halides is 3. The lowest BCUT2D eigenvalue weighted by Crippen LogP contribution is -2.25. The van der Waals surface area contributed by atoms with E-state index in [0.29, 0.717) is 12.1 Å². The molecule has 1 aromatic carbocycles. The molecule has 5 heteroatoms. The van der Waals surface area contributed by atoms with E-state index in [-0.39, 0.29) is 11.7 Å². The van der Waals surface area contributed by atoms with E-state index in [2.05, 4.69) is 0 Å². The molecule has 0 fully saturated rings. The fourth-order valence-electron chi connectivity index (χ4n) is 1.74. The van der Waals surface area contributed by atoms with Gasteiger partial charge in [0.25, 0.3) is 0 Å². The van der Waals surface area contributed by atoms with Crippen LogP contribution in [0.25, 0.3) is 0 Å². The molecule has 0 bridgehead atoms. The first-order valence-corrected chi connectivity index (χ1v) is 5.58. The standard InChI is InChI=1S/C13H16F3NO/c1-9(8-17(2)3)12(18)10-4-6-11(7-5-10)13(14,15)16/h4-7,9H,8H2,1-3H3. The number of nitrogens with zero attached hydrogens (tertiary/aromatic N) is 1. The highest BCUT2D eigenvalue weighted by Gasteiger charge is 2.30. The van der Waals surface area contributed by atoms with Gasteiger partial charge in [-0.05, 0) is 26.2 Å². The molecular weight excluding hydrogens is 243 g/mol. The molecule has 1 aromatic rings. The molecule has 0 aromatic heterocycles. The molecule has 100 valence electrons. The van der Waals surface area contributed by atoms with E-state index in [0.717, 1.165) is 12.1 Å². The van der Waals surface area contributed by atoms with Crippen LogP contribution in [0.3, 0.4) is 0 Å². The van der Waals surface area contributed by atoms with Gasteiger partial charge in [-0.2, -0.15) is 13.2 Å². The first-order chi connectivity index (χ1) is 8.21. The van der Waals surface area contributed by atoms with Gasteiger partial charge in [-0.1, -0.05) is 19.1 Å². The van der Waals surface area contributed by atoms with Crippen molar-refractivity contribution >= 4 is 5.78 Å². The third-order valence-electron chi connectivity index (χ3n) is 2.58. The minimum atomic E-state index is -4.36. The molecule has 18 heavy (non-hydrogen) atoms. The van der Waals surface area contributed by atoms with E-state index in [9.17, 15) is 18.0 Å². The summed E-state index contributed by atoms with van der Waals surface area (Å²) in [6, 6.07) is 4.35. The predicted octanol–water partition coefficient (Wildman–Crippen LogP) is 3.09. The van der Waals surface area contributed by atoms with Gasteiger partial charge in [0.05, 0.1) is 5.56 Å². The van der Waals surface area contributed by atoms with Gasteiger partial charge in [0.1, 0.15) is 0 Å². The molecule has 0 N–H and O–H groups in total. The summed E-state index contributed by atoms with van der Waals surface area (Å²) in [5, 5.41) is 0. The zero-order valence-electron chi connectivity index (χ0n) is 10.6. The van der Waals surface area contributed by atoms with Gasteiger partial charge in [0.15, 0.2) is 5.78 Å². The van der Waals surface area contributed by atoms with Gasteiger partial charge < -0.3 is 4.90 Å². The van der Waals surface area contributed by atoms with Crippen molar-refractivity contribution in [3.63, 3.8) is 0 Å². The molecule has 0 saturated heterocycles. The van der Waals surface area contributed by atoms with Crippen LogP contribution in [-0.4, -0.2) is 31.3 Å². The fraction of sp³-hybridized carbons (Fsp3) is 0.462. The minimum Gasteiger partial charge on any atom is -0.309 e. The van der Waals surface area contributed by atoms with Gasteiger partial charge in [-0.25, -0.2) is 0 Å². The number of Topliss-reactive ketones (excluding diaryl/α,β-unsaturated/α-hetero) is 1. The maximum Gasteiger partial charge on any atom is 0.416 e. The number of rotatable bonds is 4. The van der Waals surface area contributed by atoms with Crippen LogP contribution >= 0.6 is 0 Å². The van der Waals surface area contributed by atoms with Crippen molar-refractivity contribution in [2.24, 2.45) is 5.92 Å². The summed E-state index contributed by atoms with van der Waals surface area (Å²) in [5.41, 5.74) is -0.420. The van der Waals surface area contributed by atoms with Crippen molar-refractivity contribution in [3.8, 4) is 0 Å². The second-order valence-corrected chi connectivity index (χ2v) is 4.60. The average Bonchev–Trinajstić information content (AvgIpc) is 2.26. The lowest BCUT2D eigenvalue weighted by molar-refractivity contribution is -0.137. The number of benzene rings is 1. The van der Waals surface area contributed by atoms with Gasteiger partial charge in [0, 0.05) is 18.0 Å². The Balaban J connectivity index is 2.82. The van der Waals surface area contributed by atoms with Crippen LogP contribution in [-0.2, 0) is 6.18 Å². The summed E-state index contributed by atoms with van der Waals surface area (Å²) >= 11 is 0. The van der Waals surface area contributed by atoms with E-state index in [1.165, 1.54) is 12.1 Å². The normalized spacial score (nSPS) is 13.7. The smallest absolute Gasteiger partial charge is 0.309 e. The Morgan fingerprint density at radius 1 is 1.22 bits per heavy atom. The molecule has 0 amide bonds. The van der Waals surface area contributed by atoms with E-state index in [1.807, 2.05) is 19.0 Å². The zero-order valence-corrected chi connectivity index (χ0v) is 10.6. The van der Waals surface area contributed by atoms with E-state index in [4.69, 9.17) is 0 Å². The Bertz CT molecular complexity index is 409. The van der Waals surface area contributed by atoms with E-state index in [1.54, 1.807) is 6.92 Å². The van der Waals surface area contributed by atoms with Crippen molar-refractivity contribution in [2.45, 2.75) is 13.1 Å². The number of halogens is 3. The molecule has 0 aliphatic rings. The molecule has 1 atom stereocenters. The van der Waals surface area contributed by atoms with Crippen molar-refractivity contribution in [1.82, 2.24) is 4.90 Å². The minimum absolute atomic E-state index is 0.141. The second kappa shape index (κ2) is 5.52. The third-order valence-corrected chi connectivity index (χ3v) is 2.58. The Morgan fingerprint density at radius 2 is 1.72 bits per heavy atom. The third kappa shape index (κ3) is 3.84. The SMILES string of the molecule is CC(CN(C)C)C(=O)c1ccc(C(F)(F)F)cc1. The van der Waals surface area contributed by atoms with Crippen molar-refractivity contribution in [3.05, 3.63) is 35.4 Å². The second-order valence-electron chi connectivity index (χ2n) is 4.60. The van der Waals surface area contributed by atoms with Crippen LogP contribution in [0.4, 0.5) is 13.2 Å². The van der Waals surface area contributed by atoms with Crippen LogP contribution in [0.5, 0.6) is 0 Å². The van der Waals surface area contributed by atoms with Crippen molar-refractivity contribution in [2.75, 3.05) is 20.6 Å². The molecule has 1 unspecified atom stereocenters. The highest BCUT2D eigenvalue weighted by Crippen LogP contribution is 2.29. The molecule has 0 aliphatic carbocycles. The molecule has 0 heterocycles. The quantitative estimate of drug-likeness (QED) is 0.774. The van der Waals surface area contributed by atoms with Crippen LogP contribution in [0, 0.1) is 5.92 Å². The monoisotopic (exact) mass is 259 g/mol. The summed E-state index contributed by atoms with van der Waals surface area (Å²) < 4.78 is 37.1. The van der Waals surface area contributed by atoms with Crippen LogP contribution in [0.2, 0.25) is 0 Å². The Hall–Kier alpha value is -1.36. The van der Waals surface area contributed by atoms with E-state index < -0.39 is 11.7 Å². The summed E-state index contributed by atoms with van der Waals surface area (Å²) in [5.74, 6) is -0.380.